The fraction of sp³-hybridized carbons (Fsp3) is 0.471. The Morgan fingerprint density at radius 3 is 2.65 bits per heavy atom. The van der Waals surface area contributed by atoms with Gasteiger partial charge in [-0.25, -0.2) is 4.98 Å². The van der Waals surface area contributed by atoms with Gasteiger partial charge in [-0.3, -0.25) is 0 Å². The van der Waals surface area contributed by atoms with Crippen LogP contribution in [0.4, 0.5) is 0 Å². The normalized spacial score (nSPS) is 10.6. The van der Waals surface area contributed by atoms with E-state index < -0.39 is 0 Å². The lowest BCUT2D eigenvalue weighted by Crippen LogP contribution is -2.12. The fourth-order valence-corrected chi connectivity index (χ4v) is 2.91. The molecular weight excluding hydrogens is 264 g/mol. The van der Waals surface area contributed by atoms with Crippen LogP contribution in [0.25, 0.3) is 10.4 Å². The van der Waals surface area contributed by atoms with Gasteiger partial charge in [0.15, 0.2) is 0 Å². The third-order valence-electron chi connectivity index (χ3n) is 3.15. The fourth-order valence-electron chi connectivity index (χ4n) is 2.13. The number of aryl methyl sites for hydroxylation is 2. The summed E-state index contributed by atoms with van der Waals surface area (Å²) in [6.45, 7) is 3.23. The molecule has 0 bridgehead atoms. The molecule has 0 fully saturated rings. The Morgan fingerprint density at radius 2 is 2.00 bits per heavy atom. The Labute approximate surface area is 127 Å². The lowest BCUT2D eigenvalue weighted by Gasteiger charge is -2.09. The Balaban J connectivity index is 0.00000200. The highest BCUT2D eigenvalue weighted by molar-refractivity contribution is 7.15. The third kappa shape index (κ3) is 5.06. The summed E-state index contributed by atoms with van der Waals surface area (Å²) in [5.41, 5.74) is 2.73. The number of rotatable bonds is 6. The highest BCUT2D eigenvalue weighted by Crippen LogP contribution is 2.26. The van der Waals surface area contributed by atoms with Gasteiger partial charge < -0.3 is 4.90 Å². The van der Waals surface area contributed by atoms with E-state index in [-0.39, 0.29) is 7.43 Å². The predicted molar refractivity (Wildman–Crippen MR) is 90.5 cm³/mol. The summed E-state index contributed by atoms with van der Waals surface area (Å²) >= 11 is 1.76. The number of nitrogens with zero attached hydrogens (tertiary/aromatic N) is 2. The summed E-state index contributed by atoms with van der Waals surface area (Å²) in [5, 5.41) is 1.13. The van der Waals surface area contributed by atoms with Gasteiger partial charge in [-0.1, -0.05) is 31.7 Å². The molecule has 1 heterocycles. The highest BCUT2D eigenvalue weighted by Gasteiger charge is 2.03. The van der Waals surface area contributed by atoms with E-state index in [0.717, 1.165) is 5.01 Å². The minimum Gasteiger partial charge on any atom is -0.309 e. The van der Waals surface area contributed by atoms with E-state index in [9.17, 15) is 0 Å². The molecule has 0 amide bonds. The predicted octanol–water partition coefficient (Wildman–Crippen LogP) is 4.64. The minimum atomic E-state index is 0. The molecule has 0 spiro atoms. The van der Waals surface area contributed by atoms with Crippen LogP contribution in [0, 0.1) is 6.92 Å². The molecule has 0 radical (unpaired) electrons. The number of aromatic nitrogens is 1. The van der Waals surface area contributed by atoms with E-state index in [2.05, 4.69) is 55.2 Å². The maximum absolute atomic E-state index is 4.33. The van der Waals surface area contributed by atoms with Gasteiger partial charge in [0, 0.05) is 6.20 Å². The summed E-state index contributed by atoms with van der Waals surface area (Å²) in [6.07, 6.45) is 5.66. The van der Waals surface area contributed by atoms with Gasteiger partial charge in [-0.2, -0.15) is 0 Å². The molecule has 0 N–H and O–H groups in total. The monoisotopic (exact) mass is 290 g/mol. The Hall–Kier alpha value is -1.19. The zero-order chi connectivity index (χ0) is 13.7. The van der Waals surface area contributed by atoms with Crippen molar-refractivity contribution >= 4 is 11.3 Å². The number of benzene rings is 1. The summed E-state index contributed by atoms with van der Waals surface area (Å²) in [6, 6.07) is 8.87. The average Bonchev–Trinajstić information content (AvgIpc) is 2.82. The van der Waals surface area contributed by atoms with Gasteiger partial charge in [0.2, 0.25) is 0 Å². The average molecular weight is 290 g/mol. The van der Waals surface area contributed by atoms with Gasteiger partial charge in [-0.15, -0.1) is 11.3 Å². The van der Waals surface area contributed by atoms with Gasteiger partial charge >= 0.3 is 0 Å². The number of hydrogen-bond donors (Lipinski definition) is 0. The lowest BCUT2D eigenvalue weighted by molar-refractivity contribution is 0.394. The van der Waals surface area contributed by atoms with Crippen LogP contribution in [0.5, 0.6) is 0 Å². The smallest absolute Gasteiger partial charge is 0.0900 e. The van der Waals surface area contributed by atoms with Gasteiger partial charge in [0.25, 0.3) is 0 Å². The second kappa shape index (κ2) is 8.18. The first-order chi connectivity index (χ1) is 9.15. The van der Waals surface area contributed by atoms with Crippen molar-refractivity contribution in [2.24, 2.45) is 0 Å². The molecule has 0 aliphatic carbocycles. The minimum absolute atomic E-state index is 0. The molecule has 2 aromatic rings. The van der Waals surface area contributed by atoms with Crippen molar-refractivity contribution in [2.45, 2.75) is 33.6 Å². The molecule has 0 unspecified atom stereocenters. The number of unbranched alkanes of at least 4 members (excludes halogenated alkanes) is 1. The first-order valence-electron chi connectivity index (χ1n) is 6.81. The van der Waals surface area contributed by atoms with Crippen molar-refractivity contribution in [3.8, 4) is 10.4 Å². The van der Waals surface area contributed by atoms with Crippen LogP contribution in [-0.4, -0.2) is 30.5 Å². The second-order valence-corrected chi connectivity index (χ2v) is 6.44. The molecule has 1 aromatic carbocycles. The van der Waals surface area contributed by atoms with Crippen LogP contribution in [0.2, 0.25) is 0 Å². The molecule has 2 nitrogen and oxygen atoms in total. The van der Waals surface area contributed by atoms with Crippen LogP contribution in [0.15, 0.2) is 30.5 Å². The van der Waals surface area contributed by atoms with Crippen molar-refractivity contribution in [1.29, 1.82) is 0 Å². The SMILES string of the molecule is C.Cc1ncc(-c2cccc(CCCCN(C)C)c2)s1. The van der Waals surface area contributed by atoms with Gasteiger partial charge in [0.1, 0.15) is 0 Å². The van der Waals surface area contributed by atoms with Crippen LogP contribution in [0.1, 0.15) is 30.8 Å². The molecule has 0 aliphatic heterocycles. The third-order valence-corrected chi connectivity index (χ3v) is 4.12. The van der Waals surface area contributed by atoms with Crippen molar-refractivity contribution in [3.05, 3.63) is 41.0 Å². The summed E-state index contributed by atoms with van der Waals surface area (Å²) in [4.78, 5) is 7.85. The quantitative estimate of drug-likeness (QED) is 0.721. The zero-order valence-corrected chi connectivity index (χ0v) is 12.8. The van der Waals surface area contributed by atoms with Crippen molar-refractivity contribution in [2.75, 3.05) is 20.6 Å². The number of thiazole rings is 1. The maximum Gasteiger partial charge on any atom is 0.0900 e. The Bertz CT molecular complexity index is 517. The van der Waals surface area contributed by atoms with Crippen molar-refractivity contribution < 1.29 is 0 Å². The van der Waals surface area contributed by atoms with E-state index in [1.54, 1.807) is 11.3 Å². The van der Waals surface area contributed by atoms with Crippen LogP contribution in [-0.2, 0) is 6.42 Å². The molecule has 110 valence electrons. The van der Waals surface area contributed by atoms with Crippen LogP contribution >= 0.6 is 11.3 Å². The number of hydrogen-bond acceptors (Lipinski definition) is 3. The van der Waals surface area contributed by atoms with E-state index in [1.807, 2.05) is 6.20 Å². The highest BCUT2D eigenvalue weighted by atomic mass is 32.1. The van der Waals surface area contributed by atoms with E-state index >= 15 is 0 Å². The Kier molecular flexibility index (Phi) is 6.89. The van der Waals surface area contributed by atoms with E-state index in [0.29, 0.717) is 0 Å². The topological polar surface area (TPSA) is 16.1 Å². The molecule has 1 aromatic heterocycles. The Morgan fingerprint density at radius 1 is 1.20 bits per heavy atom. The molecule has 0 saturated heterocycles. The van der Waals surface area contributed by atoms with Crippen LogP contribution < -0.4 is 0 Å². The standard InChI is InChI=1S/C16H22N2S.CH4/c1-13-17-12-16(19-13)15-9-6-8-14(11-15)7-4-5-10-18(2)3;/h6,8-9,11-12H,4-5,7,10H2,1-3H3;1H4. The summed E-state index contributed by atoms with van der Waals surface area (Å²) < 4.78 is 0. The van der Waals surface area contributed by atoms with E-state index in [4.69, 9.17) is 0 Å². The van der Waals surface area contributed by atoms with Gasteiger partial charge in [0.05, 0.1) is 9.88 Å². The van der Waals surface area contributed by atoms with E-state index in [1.165, 1.54) is 41.8 Å². The first-order valence-corrected chi connectivity index (χ1v) is 7.63. The maximum atomic E-state index is 4.33. The van der Waals surface area contributed by atoms with Crippen molar-refractivity contribution in [3.63, 3.8) is 0 Å². The zero-order valence-electron chi connectivity index (χ0n) is 12.0. The first kappa shape index (κ1) is 16.9. The van der Waals surface area contributed by atoms with Gasteiger partial charge in [-0.05, 0) is 58.0 Å². The molecule has 0 aliphatic rings. The lowest BCUT2D eigenvalue weighted by atomic mass is 10.0. The van der Waals surface area contributed by atoms with Crippen LogP contribution in [0.3, 0.4) is 0 Å². The van der Waals surface area contributed by atoms with Crippen molar-refractivity contribution in [1.82, 2.24) is 9.88 Å². The molecule has 0 saturated carbocycles. The second-order valence-electron chi connectivity index (χ2n) is 5.20. The summed E-state index contributed by atoms with van der Waals surface area (Å²) in [7, 11) is 4.26. The molecule has 0 atom stereocenters. The molecular formula is C17H26N2S. The largest absolute Gasteiger partial charge is 0.309 e. The summed E-state index contributed by atoms with van der Waals surface area (Å²) in [5.74, 6) is 0. The molecule has 2 rings (SSSR count). The molecule has 20 heavy (non-hydrogen) atoms. The molecule has 3 heteroatoms.